The van der Waals surface area contributed by atoms with E-state index in [4.69, 9.17) is 0 Å². The molecule has 6 heteroatoms. The van der Waals surface area contributed by atoms with Gasteiger partial charge in [0, 0.05) is 13.1 Å². The number of nitrogens with zero attached hydrogens (tertiary/aromatic N) is 1. The normalized spacial score (nSPS) is 17.5. The predicted molar refractivity (Wildman–Crippen MR) is 108 cm³/mol. The Morgan fingerprint density at radius 1 is 0.964 bits per heavy atom. The number of carbonyl (C=O) groups excluding carboxylic acids is 1. The first-order valence-electron chi connectivity index (χ1n) is 9.94. The molecule has 1 aliphatic carbocycles. The number of hydrogen-bond donors (Lipinski definition) is 1. The quantitative estimate of drug-likeness (QED) is 0.861. The molecular weight excluding hydrogens is 372 g/mol. The highest BCUT2D eigenvalue weighted by Crippen LogP contribution is 2.24. The second-order valence-electron chi connectivity index (χ2n) is 7.76. The average molecular weight is 399 g/mol. The van der Waals surface area contributed by atoms with Gasteiger partial charge < -0.3 is 4.90 Å². The van der Waals surface area contributed by atoms with E-state index < -0.39 is 16.1 Å². The lowest BCUT2D eigenvalue weighted by atomic mass is 9.92. The highest BCUT2D eigenvalue weighted by Gasteiger charge is 2.28. The maximum absolute atomic E-state index is 12.8. The number of amides is 1. The van der Waals surface area contributed by atoms with E-state index in [9.17, 15) is 13.2 Å². The Labute approximate surface area is 166 Å². The zero-order valence-corrected chi connectivity index (χ0v) is 17.0. The third kappa shape index (κ3) is 3.84. The van der Waals surface area contributed by atoms with E-state index >= 15 is 0 Å². The van der Waals surface area contributed by atoms with Crippen molar-refractivity contribution in [2.24, 2.45) is 0 Å². The molecule has 0 radical (unpaired) electrons. The average Bonchev–Trinajstić information content (AvgIpc) is 2.72. The van der Waals surface area contributed by atoms with Crippen LogP contribution in [0.1, 0.15) is 42.0 Å². The number of nitrogens with one attached hydrogen (secondary N) is 1. The van der Waals surface area contributed by atoms with Gasteiger partial charge in [-0.1, -0.05) is 30.3 Å². The van der Waals surface area contributed by atoms with Gasteiger partial charge in [-0.15, -0.1) is 0 Å². The van der Waals surface area contributed by atoms with Crippen LogP contribution in [0.5, 0.6) is 0 Å². The van der Waals surface area contributed by atoms with Crippen LogP contribution in [0.2, 0.25) is 0 Å². The number of rotatable bonds is 4. The molecule has 0 spiro atoms. The monoisotopic (exact) mass is 398 g/mol. The number of carbonyl (C=O) groups is 1. The maximum Gasteiger partial charge on any atom is 0.241 e. The van der Waals surface area contributed by atoms with E-state index in [1.165, 1.54) is 11.1 Å². The van der Waals surface area contributed by atoms with Crippen LogP contribution >= 0.6 is 0 Å². The van der Waals surface area contributed by atoms with Crippen molar-refractivity contribution < 1.29 is 13.2 Å². The zero-order valence-electron chi connectivity index (χ0n) is 16.1. The second kappa shape index (κ2) is 7.68. The van der Waals surface area contributed by atoms with Gasteiger partial charge in [0.15, 0.2) is 0 Å². The minimum absolute atomic E-state index is 0.184. The van der Waals surface area contributed by atoms with Gasteiger partial charge in [-0.05, 0) is 73.4 Å². The summed E-state index contributed by atoms with van der Waals surface area (Å²) in [4.78, 5) is 14.8. The van der Waals surface area contributed by atoms with Crippen molar-refractivity contribution in [3.05, 3.63) is 64.7 Å². The molecule has 1 atom stereocenters. The minimum Gasteiger partial charge on any atom is -0.337 e. The van der Waals surface area contributed by atoms with Crippen molar-refractivity contribution in [1.29, 1.82) is 0 Å². The number of fused-ring (bicyclic) bond motifs is 2. The third-order valence-corrected chi connectivity index (χ3v) is 7.31. The summed E-state index contributed by atoms with van der Waals surface area (Å²) in [6.45, 7) is 2.76. The van der Waals surface area contributed by atoms with Crippen molar-refractivity contribution in [2.75, 3.05) is 6.54 Å². The zero-order chi connectivity index (χ0) is 19.7. The lowest BCUT2D eigenvalue weighted by molar-refractivity contribution is -0.133. The van der Waals surface area contributed by atoms with Gasteiger partial charge in [-0.25, -0.2) is 8.42 Å². The van der Waals surface area contributed by atoms with Crippen molar-refractivity contribution in [3.63, 3.8) is 0 Å². The fraction of sp³-hybridized carbons (Fsp3) is 0.409. The predicted octanol–water partition coefficient (Wildman–Crippen LogP) is 2.82. The number of aryl methyl sites for hydroxylation is 2. The smallest absolute Gasteiger partial charge is 0.241 e. The Bertz CT molecular complexity index is 1000. The SMILES string of the molecule is C[C@H](NS(=O)(=O)c1ccc2c(c1)CCCC2)C(=O)N1CCc2ccccc2C1. The van der Waals surface area contributed by atoms with Gasteiger partial charge in [0.25, 0.3) is 0 Å². The molecular formula is C22H26N2O3S. The minimum atomic E-state index is -3.73. The molecule has 0 saturated heterocycles. The Morgan fingerprint density at radius 2 is 1.64 bits per heavy atom. The summed E-state index contributed by atoms with van der Waals surface area (Å²) in [5.74, 6) is -0.184. The molecule has 0 fully saturated rings. The fourth-order valence-electron chi connectivity index (χ4n) is 4.19. The lowest BCUT2D eigenvalue weighted by Gasteiger charge is -2.31. The summed E-state index contributed by atoms with van der Waals surface area (Å²) in [6, 6.07) is 12.6. The number of sulfonamides is 1. The third-order valence-electron chi connectivity index (χ3n) is 5.77. The van der Waals surface area contributed by atoms with E-state index in [1.807, 2.05) is 24.3 Å². The Balaban J connectivity index is 1.46. The van der Waals surface area contributed by atoms with Crippen molar-refractivity contribution in [2.45, 2.75) is 56.5 Å². The van der Waals surface area contributed by atoms with Gasteiger partial charge in [-0.2, -0.15) is 4.72 Å². The molecule has 1 N–H and O–H groups in total. The van der Waals surface area contributed by atoms with E-state index in [0.717, 1.165) is 43.2 Å². The van der Waals surface area contributed by atoms with E-state index in [1.54, 1.807) is 24.0 Å². The molecule has 0 aromatic heterocycles. The van der Waals surface area contributed by atoms with Crippen LogP contribution < -0.4 is 4.72 Å². The molecule has 4 rings (SSSR count). The molecule has 148 valence electrons. The van der Waals surface area contributed by atoms with Gasteiger partial charge in [-0.3, -0.25) is 4.79 Å². The summed E-state index contributed by atoms with van der Waals surface area (Å²) in [5.41, 5.74) is 4.74. The highest BCUT2D eigenvalue weighted by atomic mass is 32.2. The number of hydrogen-bond acceptors (Lipinski definition) is 3. The number of benzene rings is 2. The van der Waals surface area contributed by atoms with Crippen LogP contribution in [-0.4, -0.2) is 31.8 Å². The summed E-state index contributed by atoms with van der Waals surface area (Å²) < 4.78 is 28.2. The first kappa shape index (κ1) is 19.2. The van der Waals surface area contributed by atoms with Crippen LogP contribution in [0.4, 0.5) is 0 Å². The topological polar surface area (TPSA) is 66.5 Å². The Kier molecular flexibility index (Phi) is 5.25. The Morgan fingerprint density at radius 3 is 2.43 bits per heavy atom. The Hall–Kier alpha value is -2.18. The van der Waals surface area contributed by atoms with E-state index in [-0.39, 0.29) is 10.8 Å². The largest absolute Gasteiger partial charge is 0.337 e. The van der Waals surface area contributed by atoms with Crippen LogP contribution in [0.15, 0.2) is 47.4 Å². The molecule has 0 bridgehead atoms. The molecule has 1 heterocycles. The summed E-state index contributed by atoms with van der Waals surface area (Å²) in [6.07, 6.45) is 4.97. The summed E-state index contributed by atoms with van der Waals surface area (Å²) in [5, 5.41) is 0. The first-order chi connectivity index (χ1) is 13.4. The second-order valence-corrected chi connectivity index (χ2v) is 9.47. The van der Waals surface area contributed by atoms with E-state index in [2.05, 4.69) is 10.8 Å². The van der Waals surface area contributed by atoms with Crippen molar-refractivity contribution in [1.82, 2.24) is 9.62 Å². The van der Waals surface area contributed by atoms with Gasteiger partial charge in [0.2, 0.25) is 15.9 Å². The van der Waals surface area contributed by atoms with Crippen LogP contribution in [0.25, 0.3) is 0 Å². The van der Waals surface area contributed by atoms with Gasteiger partial charge in [0.1, 0.15) is 0 Å². The molecule has 2 aromatic rings. The first-order valence-corrected chi connectivity index (χ1v) is 11.4. The van der Waals surface area contributed by atoms with E-state index in [0.29, 0.717) is 13.1 Å². The maximum atomic E-state index is 12.8. The fourth-order valence-corrected chi connectivity index (χ4v) is 5.43. The molecule has 0 unspecified atom stereocenters. The highest BCUT2D eigenvalue weighted by molar-refractivity contribution is 7.89. The van der Waals surface area contributed by atoms with Crippen LogP contribution in [0.3, 0.4) is 0 Å². The lowest BCUT2D eigenvalue weighted by Crippen LogP contribution is -2.48. The summed E-state index contributed by atoms with van der Waals surface area (Å²) in [7, 11) is -3.73. The molecule has 1 amide bonds. The van der Waals surface area contributed by atoms with Crippen LogP contribution in [0, 0.1) is 0 Å². The van der Waals surface area contributed by atoms with Crippen molar-refractivity contribution >= 4 is 15.9 Å². The molecule has 28 heavy (non-hydrogen) atoms. The summed E-state index contributed by atoms with van der Waals surface area (Å²) >= 11 is 0. The molecule has 5 nitrogen and oxygen atoms in total. The van der Waals surface area contributed by atoms with Crippen molar-refractivity contribution in [3.8, 4) is 0 Å². The van der Waals surface area contributed by atoms with Crippen LogP contribution in [-0.2, 0) is 40.6 Å². The van der Waals surface area contributed by atoms with Gasteiger partial charge >= 0.3 is 0 Å². The van der Waals surface area contributed by atoms with Gasteiger partial charge in [0.05, 0.1) is 10.9 Å². The molecule has 1 aliphatic heterocycles. The molecule has 2 aromatic carbocycles. The standard InChI is InChI=1S/C22H26N2O3S/c1-16(22(25)24-13-12-18-7-3-5-9-20(18)15-24)23-28(26,27)21-11-10-17-6-2-4-8-19(17)14-21/h3,5,7,9-11,14,16,23H,2,4,6,8,12-13,15H2,1H3/t16-/m0/s1. The molecule has 0 saturated carbocycles. The molecule has 2 aliphatic rings.